The predicted molar refractivity (Wildman–Crippen MR) is 90.4 cm³/mol. The third-order valence-corrected chi connectivity index (χ3v) is 5.82. The van der Waals surface area contributed by atoms with E-state index in [1.807, 2.05) is 10.8 Å². The van der Waals surface area contributed by atoms with Gasteiger partial charge < -0.3 is 14.6 Å². The number of carbonyl (C=O) groups excluding carboxylic acids is 1. The van der Waals surface area contributed by atoms with Gasteiger partial charge in [0, 0.05) is 25.0 Å². The topological polar surface area (TPSA) is 58.4 Å². The fourth-order valence-electron chi connectivity index (χ4n) is 4.21. The maximum atomic E-state index is 14.2. The van der Waals surface area contributed by atoms with Crippen LogP contribution in [0.4, 0.5) is 4.39 Å². The van der Waals surface area contributed by atoms with Crippen molar-refractivity contribution >= 4 is 5.91 Å². The number of carbonyl (C=O) groups is 1. The zero-order valence-electron chi connectivity index (χ0n) is 14.2. The van der Waals surface area contributed by atoms with E-state index in [9.17, 15) is 14.3 Å². The smallest absolute Gasteiger partial charge is 0.233 e. The second-order valence-electron chi connectivity index (χ2n) is 7.19. The molecule has 0 radical (unpaired) electrons. The molecule has 2 aliphatic carbocycles. The monoisotopic (exact) mass is 343 g/mol. The first-order valence-corrected chi connectivity index (χ1v) is 8.72. The Morgan fingerprint density at radius 1 is 1.36 bits per heavy atom. The Morgan fingerprint density at radius 2 is 2.12 bits per heavy atom. The lowest BCUT2D eigenvalue weighted by Crippen LogP contribution is -2.47. The molecule has 1 aromatic carbocycles. The minimum absolute atomic E-state index is 0.0774. The summed E-state index contributed by atoms with van der Waals surface area (Å²) in [5.41, 5.74) is -0.280. The van der Waals surface area contributed by atoms with Crippen molar-refractivity contribution in [2.24, 2.45) is 0 Å². The summed E-state index contributed by atoms with van der Waals surface area (Å²) in [4.78, 5) is 18.8. The minimum atomic E-state index is -0.757. The summed E-state index contributed by atoms with van der Waals surface area (Å²) in [6.45, 7) is 0. The number of aliphatic hydroxyl groups is 1. The van der Waals surface area contributed by atoms with E-state index in [0.717, 1.165) is 12.8 Å². The van der Waals surface area contributed by atoms with Crippen molar-refractivity contribution in [2.75, 3.05) is 7.05 Å². The molecule has 4 rings (SSSR count). The Morgan fingerprint density at radius 3 is 2.76 bits per heavy atom. The van der Waals surface area contributed by atoms with Crippen LogP contribution in [0.15, 0.2) is 43.0 Å². The summed E-state index contributed by atoms with van der Waals surface area (Å²) in [5.74, 6) is -0.419. The molecule has 2 aromatic rings. The van der Waals surface area contributed by atoms with E-state index in [-0.39, 0.29) is 23.8 Å². The van der Waals surface area contributed by atoms with Crippen LogP contribution in [0, 0.1) is 5.82 Å². The van der Waals surface area contributed by atoms with Gasteiger partial charge in [-0.25, -0.2) is 9.37 Å². The molecule has 2 saturated carbocycles. The van der Waals surface area contributed by atoms with Crippen LogP contribution >= 0.6 is 0 Å². The maximum Gasteiger partial charge on any atom is 0.233 e. The second kappa shape index (κ2) is 5.95. The SMILES string of the molecule is CN(C(=O)C1(c2ccccc2F)CC1)[C@@H]1CC[C@@H](n2ccnc2)[C@@H]1O. The predicted octanol–water partition coefficient (Wildman–Crippen LogP) is 2.28. The summed E-state index contributed by atoms with van der Waals surface area (Å²) in [7, 11) is 1.73. The van der Waals surface area contributed by atoms with Gasteiger partial charge in [-0.2, -0.15) is 0 Å². The molecular weight excluding hydrogens is 321 g/mol. The highest BCUT2D eigenvalue weighted by Gasteiger charge is 2.55. The number of likely N-dealkylation sites (N-methyl/N-ethyl adjacent to an activating group) is 1. The van der Waals surface area contributed by atoms with Gasteiger partial charge in [0.25, 0.3) is 0 Å². The van der Waals surface area contributed by atoms with Crippen molar-refractivity contribution in [3.05, 3.63) is 54.4 Å². The molecule has 132 valence electrons. The summed E-state index contributed by atoms with van der Waals surface area (Å²) in [5, 5.41) is 10.7. The van der Waals surface area contributed by atoms with Crippen LogP contribution in [0.2, 0.25) is 0 Å². The quantitative estimate of drug-likeness (QED) is 0.927. The number of nitrogens with zero attached hydrogens (tertiary/aromatic N) is 3. The average Bonchev–Trinajstić information content (AvgIpc) is 3.05. The Bertz CT molecular complexity index is 773. The van der Waals surface area contributed by atoms with Crippen molar-refractivity contribution in [3.63, 3.8) is 0 Å². The molecule has 25 heavy (non-hydrogen) atoms. The summed E-state index contributed by atoms with van der Waals surface area (Å²) >= 11 is 0. The molecule has 5 nitrogen and oxygen atoms in total. The second-order valence-corrected chi connectivity index (χ2v) is 7.19. The normalized spacial score (nSPS) is 27.2. The van der Waals surface area contributed by atoms with Crippen LogP contribution in [-0.4, -0.2) is 44.7 Å². The molecule has 6 heteroatoms. The number of imidazole rings is 1. The van der Waals surface area contributed by atoms with Gasteiger partial charge in [0.05, 0.1) is 29.9 Å². The molecule has 2 fully saturated rings. The average molecular weight is 343 g/mol. The fraction of sp³-hybridized carbons (Fsp3) is 0.474. The molecule has 1 amide bonds. The standard InChI is InChI=1S/C19H22FN3O2/c1-22(15-6-7-16(17(15)24)23-11-10-21-12-23)18(25)19(8-9-19)13-4-2-3-5-14(13)20/h2-5,10-12,15-17,24H,6-9H2,1H3/t15-,16-,17-/m1/s1. The Balaban J connectivity index is 1.54. The van der Waals surface area contributed by atoms with Gasteiger partial charge in [-0.1, -0.05) is 18.2 Å². The number of halogens is 1. The lowest BCUT2D eigenvalue weighted by Gasteiger charge is -2.32. The van der Waals surface area contributed by atoms with Crippen molar-refractivity contribution in [3.8, 4) is 0 Å². The van der Waals surface area contributed by atoms with E-state index in [1.54, 1.807) is 42.7 Å². The van der Waals surface area contributed by atoms with Crippen molar-refractivity contribution < 1.29 is 14.3 Å². The van der Waals surface area contributed by atoms with Crippen molar-refractivity contribution in [2.45, 2.75) is 49.3 Å². The van der Waals surface area contributed by atoms with Crippen LogP contribution in [0.5, 0.6) is 0 Å². The summed E-state index contributed by atoms with van der Waals surface area (Å²) < 4.78 is 16.1. The Labute approximate surface area is 146 Å². The zero-order valence-corrected chi connectivity index (χ0v) is 14.2. The van der Waals surface area contributed by atoms with Gasteiger partial charge in [0.2, 0.25) is 5.91 Å². The molecule has 1 aromatic heterocycles. The first-order valence-electron chi connectivity index (χ1n) is 8.72. The third kappa shape index (κ3) is 2.56. The lowest BCUT2D eigenvalue weighted by atomic mass is 9.93. The van der Waals surface area contributed by atoms with E-state index in [4.69, 9.17) is 0 Å². The van der Waals surface area contributed by atoms with Gasteiger partial charge >= 0.3 is 0 Å². The molecule has 1 N–H and O–H groups in total. The highest BCUT2D eigenvalue weighted by Crippen LogP contribution is 2.51. The number of benzene rings is 1. The first kappa shape index (κ1) is 16.3. The Kier molecular flexibility index (Phi) is 3.87. The van der Waals surface area contributed by atoms with Crippen molar-refractivity contribution in [1.29, 1.82) is 0 Å². The molecule has 0 saturated heterocycles. The molecule has 0 unspecified atom stereocenters. The molecule has 0 spiro atoms. The van der Waals surface area contributed by atoms with Crippen LogP contribution in [0.25, 0.3) is 0 Å². The first-order chi connectivity index (χ1) is 12.0. The van der Waals surface area contributed by atoms with Crippen LogP contribution < -0.4 is 0 Å². The summed E-state index contributed by atoms with van der Waals surface area (Å²) in [6, 6.07) is 6.18. The molecule has 3 atom stereocenters. The van der Waals surface area contributed by atoms with E-state index in [1.165, 1.54) is 6.07 Å². The van der Waals surface area contributed by atoms with Gasteiger partial charge in [-0.05, 0) is 31.7 Å². The van der Waals surface area contributed by atoms with Gasteiger partial charge in [0.1, 0.15) is 5.82 Å². The highest BCUT2D eigenvalue weighted by atomic mass is 19.1. The molecule has 2 aliphatic rings. The maximum absolute atomic E-state index is 14.2. The molecule has 1 heterocycles. The van der Waals surface area contributed by atoms with Crippen molar-refractivity contribution in [1.82, 2.24) is 14.5 Å². The van der Waals surface area contributed by atoms with E-state index >= 15 is 0 Å². The summed E-state index contributed by atoms with van der Waals surface area (Å²) in [6.07, 6.45) is 7.38. The largest absolute Gasteiger partial charge is 0.389 e. The van der Waals surface area contributed by atoms with Crippen LogP contribution in [0.1, 0.15) is 37.3 Å². The van der Waals surface area contributed by atoms with E-state index < -0.39 is 11.5 Å². The number of hydrogen-bond donors (Lipinski definition) is 1. The Hall–Kier alpha value is -2.21. The van der Waals surface area contributed by atoms with E-state index in [2.05, 4.69) is 4.98 Å². The van der Waals surface area contributed by atoms with Crippen LogP contribution in [0.3, 0.4) is 0 Å². The lowest BCUT2D eigenvalue weighted by molar-refractivity contribution is -0.136. The number of aromatic nitrogens is 2. The molecule has 0 aliphatic heterocycles. The van der Waals surface area contributed by atoms with Crippen LogP contribution in [-0.2, 0) is 10.2 Å². The van der Waals surface area contributed by atoms with Gasteiger partial charge in [0.15, 0.2) is 0 Å². The molecule has 0 bridgehead atoms. The minimum Gasteiger partial charge on any atom is -0.389 e. The number of aliphatic hydroxyl groups excluding tert-OH is 1. The number of rotatable bonds is 4. The zero-order chi connectivity index (χ0) is 17.6. The number of amides is 1. The van der Waals surface area contributed by atoms with Gasteiger partial charge in [-0.15, -0.1) is 0 Å². The van der Waals surface area contributed by atoms with Gasteiger partial charge in [-0.3, -0.25) is 4.79 Å². The highest BCUT2D eigenvalue weighted by molar-refractivity contribution is 5.91. The van der Waals surface area contributed by atoms with E-state index in [0.29, 0.717) is 18.4 Å². The number of hydrogen-bond acceptors (Lipinski definition) is 3. The molecular formula is C19H22FN3O2. The fourth-order valence-corrected chi connectivity index (χ4v) is 4.21. The third-order valence-electron chi connectivity index (χ3n) is 5.82.